The summed E-state index contributed by atoms with van der Waals surface area (Å²) in [6.07, 6.45) is 0.969. The zero-order chi connectivity index (χ0) is 16.7. The summed E-state index contributed by atoms with van der Waals surface area (Å²) in [5, 5.41) is 9.38. The molecule has 0 spiro atoms. The Balaban J connectivity index is 3.21. The summed E-state index contributed by atoms with van der Waals surface area (Å²) < 4.78 is 21.5. The van der Waals surface area contributed by atoms with E-state index in [1.165, 1.54) is 28.4 Å². The molecule has 0 bridgehead atoms. The summed E-state index contributed by atoms with van der Waals surface area (Å²) in [6, 6.07) is 0. The van der Waals surface area contributed by atoms with Crippen molar-refractivity contribution in [2.75, 3.05) is 35.0 Å². The van der Waals surface area contributed by atoms with Crippen LogP contribution in [0, 0.1) is 17.0 Å². The number of nitrogens with zero attached hydrogens (tertiary/aromatic N) is 1. The van der Waals surface area contributed by atoms with Gasteiger partial charge in [0.25, 0.3) is 5.09 Å². The predicted octanol–water partition coefficient (Wildman–Crippen LogP) is 2.17. The second-order valence-corrected chi connectivity index (χ2v) is 4.40. The molecule has 124 valence electrons. The van der Waals surface area contributed by atoms with Gasteiger partial charge in [-0.25, -0.2) is 0 Å². The van der Waals surface area contributed by atoms with Crippen molar-refractivity contribution >= 4 is 0 Å². The Bertz CT molecular complexity index is 531. The lowest BCUT2D eigenvalue weighted by Crippen LogP contribution is -2.07. The van der Waals surface area contributed by atoms with Gasteiger partial charge in [-0.05, 0) is 19.8 Å². The van der Waals surface area contributed by atoms with Crippen molar-refractivity contribution in [1.29, 1.82) is 0 Å². The molecule has 1 rings (SSSR count). The monoisotopic (exact) mass is 315 g/mol. The highest BCUT2D eigenvalue weighted by Gasteiger charge is 2.24. The van der Waals surface area contributed by atoms with E-state index in [1.807, 2.05) is 6.92 Å². The van der Waals surface area contributed by atoms with E-state index in [9.17, 15) is 10.1 Å². The van der Waals surface area contributed by atoms with Crippen molar-refractivity contribution in [1.82, 2.24) is 0 Å². The van der Waals surface area contributed by atoms with Crippen LogP contribution in [0.25, 0.3) is 0 Å². The Kier molecular flexibility index (Phi) is 6.55. The smallest absolute Gasteiger partial charge is 0.294 e. The summed E-state index contributed by atoms with van der Waals surface area (Å²) in [5.41, 5.74) is 1.67. The van der Waals surface area contributed by atoms with Gasteiger partial charge in [-0.1, -0.05) is 0 Å². The molecule has 8 heteroatoms. The Morgan fingerprint density at radius 3 is 1.86 bits per heavy atom. The first-order valence-electron chi connectivity index (χ1n) is 6.64. The van der Waals surface area contributed by atoms with Crippen molar-refractivity contribution in [2.45, 2.75) is 19.8 Å². The van der Waals surface area contributed by atoms with Gasteiger partial charge in [0.15, 0.2) is 11.5 Å². The van der Waals surface area contributed by atoms with Gasteiger partial charge in [-0.15, -0.1) is 10.1 Å². The SMILES string of the molecule is COc1c(C)c(CCCO[N+](=O)[O-])c(OC)c(OC)c1OC. The molecular weight excluding hydrogens is 294 g/mol. The molecule has 0 unspecified atom stereocenters. The lowest BCUT2D eigenvalue weighted by Gasteiger charge is -2.21. The fourth-order valence-electron chi connectivity index (χ4n) is 2.34. The topological polar surface area (TPSA) is 89.3 Å². The van der Waals surface area contributed by atoms with E-state index in [-0.39, 0.29) is 6.61 Å². The molecule has 22 heavy (non-hydrogen) atoms. The molecule has 0 radical (unpaired) electrons. The molecule has 0 aliphatic carbocycles. The molecular formula is C14H21NO7. The van der Waals surface area contributed by atoms with Crippen LogP contribution in [-0.4, -0.2) is 40.1 Å². The first-order valence-corrected chi connectivity index (χ1v) is 6.64. The molecule has 0 aliphatic heterocycles. The highest BCUT2D eigenvalue weighted by Crippen LogP contribution is 2.49. The second-order valence-electron chi connectivity index (χ2n) is 4.40. The zero-order valence-corrected chi connectivity index (χ0v) is 13.4. The Labute approximate surface area is 129 Å². The molecule has 0 aromatic heterocycles. The fraction of sp³-hybridized carbons (Fsp3) is 0.571. The first kappa shape index (κ1) is 17.7. The molecule has 0 saturated heterocycles. The molecule has 0 N–H and O–H groups in total. The minimum absolute atomic E-state index is 0.00620. The average Bonchev–Trinajstić information content (AvgIpc) is 2.50. The molecule has 0 amide bonds. The lowest BCUT2D eigenvalue weighted by atomic mass is 10.00. The summed E-state index contributed by atoms with van der Waals surface area (Å²) in [5.74, 6) is 1.95. The van der Waals surface area contributed by atoms with Crippen molar-refractivity contribution in [3.8, 4) is 23.0 Å². The van der Waals surface area contributed by atoms with Gasteiger partial charge in [0.1, 0.15) is 0 Å². The first-order chi connectivity index (χ1) is 10.5. The van der Waals surface area contributed by atoms with Gasteiger partial charge in [0.05, 0.1) is 35.0 Å². The minimum atomic E-state index is -0.806. The van der Waals surface area contributed by atoms with E-state index in [1.54, 1.807) is 0 Å². The number of rotatable bonds is 9. The standard InChI is InChI=1S/C14H21NO7/c1-9-10(7-6-8-22-15(16)17)12(19-3)14(21-5)13(20-4)11(9)18-2/h6-8H2,1-5H3. The molecule has 0 heterocycles. The van der Waals surface area contributed by atoms with Gasteiger partial charge < -0.3 is 23.8 Å². The predicted molar refractivity (Wildman–Crippen MR) is 78.7 cm³/mol. The molecule has 1 aromatic rings. The molecule has 1 aromatic carbocycles. The largest absolute Gasteiger partial charge is 0.492 e. The van der Waals surface area contributed by atoms with Crippen molar-refractivity contribution in [3.05, 3.63) is 21.2 Å². The maximum atomic E-state index is 10.2. The summed E-state index contributed by atoms with van der Waals surface area (Å²) in [7, 11) is 6.09. The third-order valence-electron chi connectivity index (χ3n) is 3.27. The second kappa shape index (κ2) is 8.16. The molecule has 0 atom stereocenters. The maximum Gasteiger partial charge on any atom is 0.294 e. The Morgan fingerprint density at radius 2 is 1.41 bits per heavy atom. The number of methoxy groups -OCH3 is 4. The van der Waals surface area contributed by atoms with Gasteiger partial charge in [0, 0.05) is 11.1 Å². The van der Waals surface area contributed by atoms with Crippen LogP contribution in [0.1, 0.15) is 17.5 Å². The average molecular weight is 315 g/mol. The van der Waals surface area contributed by atoms with Crippen LogP contribution in [0.5, 0.6) is 23.0 Å². The van der Waals surface area contributed by atoms with E-state index >= 15 is 0 Å². The lowest BCUT2D eigenvalue weighted by molar-refractivity contribution is -0.757. The van der Waals surface area contributed by atoms with E-state index in [2.05, 4.69) is 4.84 Å². The van der Waals surface area contributed by atoms with Gasteiger partial charge in [0.2, 0.25) is 11.5 Å². The Hall–Kier alpha value is -2.38. The van der Waals surface area contributed by atoms with Crippen LogP contribution < -0.4 is 18.9 Å². The van der Waals surface area contributed by atoms with Crippen LogP contribution in [0.2, 0.25) is 0 Å². The molecule has 8 nitrogen and oxygen atoms in total. The van der Waals surface area contributed by atoms with Crippen LogP contribution in [0.4, 0.5) is 0 Å². The third kappa shape index (κ3) is 3.63. The van der Waals surface area contributed by atoms with Crippen LogP contribution in [0.3, 0.4) is 0 Å². The Morgan fingerprint density at radius 1 is 0.909 bits per heavy atom. The summed E-state index contributed by atoms with van der Waals surface area (Å²) in [4.78, 5) is 14.5. The van der Waals surface area contributed by atoms with Crippen molar-refractivity contribution < 1.29 is 28.9 Å². The highest BCUT2D eigenvalue weighted by atomic mass is 16.9. The van der Waals surface area contributed by atoms with Gasteiger partial charge >= 0.3 is 0 Å². The molecule has 0 saturated carbocycles. The summed E-state index contributed by atoms with van der Waals surface area (Å²) >= 11 is 0. The van der Waals surface area contributed by atoms with Crippen LogP contribution in [-0.2, 0) is 11.3 Å². The maximum absolute atomic E-state index is 10.2. The quantitative estimate of drug-likeness (QED) is 0.392. The van der Waals surface area contributed by atoms with Crippen LogP contribution >= 0.6 is 0 Å². The summed E-state index contributed by atoms with van der Waals surface area (Å²) in [6.45, 7) is 1.87. The van der Waals surface area contributed by atoms with Gasteiger partial charge in [-0.2, -0.15) is 0 Å². The van der Waals surface area contributed by atoms with Crippen LogP contribution in [0.15, 0.2) is 0 Å². The van der Waals surface area contributed by atoms with E-state index in [0.717, 1.165) is 11.1 Å². The normalized spacial score (nSPS) is 10.0. The number of ether oxygens (including phenoxy) is 4. The number of hydrogen-bond acceptors (Lipinski definition) is 7. The van der Waals surface area contributed by atoms with Crippen molar-refractivity contribution in [2.24, 2.45) is 0 Å². The zero-order valence-electron chi connectivity index (χ0n) is 13.4. The highest BCUT2D eigenvalue weighted by molar-refractivity contribution is 5.66. The van der Waals surface area contributed by atoms with E-state index in [0.29, 0.717) is 35.8 Å². The van der Waals surface area contributed by atoms with E-state index in [4.69, 9.17) is 18.9 Å². The molecule has 0 fully saturated rings. The molecule has 0 aliphatic rings. The minimum Gasteiger partial charge on any atom is -0.492 e. The third-order valence-corrected chi connectivity index (χ3v) is 3.27. The number of benzene rings is 1. The van der Waals surface area contributed by atoms with Gasteiger partial charge in [-0.3, -0.25) is 0 Å². The number of hydrogen-bond donors (Lipinski definition) is 0. The fourth-order valence-corrected chi connectivity index (χ4v) is 2.34. The van der Waals surface area contributed by atoms with E-state index < -0.39 is 5.09 Å². The van der Waals surface area contributed by atoms with Crippen molar-refractivity contribution in [3.63, 3.8) is 0 Å².